The molecule has 2 fully saturated rings. The van der Waals surface area contributed by atoms with Gasteiger partial charge in [-0.15, -0.1) is 0 Å². The van der Waals surface area contributed by atoms with E-state index in [1.54, 1.807) is 19.2 Å². The number of rotatable bonds is 17. The van der Waals surface area contributed by atoms with E-state index in [0.717, 1.165) is 78.8 Å². The van der Waals surface area contributed by atoms with Crippen LogP contribution in [0.2, 0.25) is 0 Å². The Labute approximate surface area is 319 Å². The Bertz CT molecular complexity index is 1820. The summed E-state index contributed by atoms with van der Waals surface area (Å²) >= 11 is 0. The number of benzene rings is 4. The van der Waals surface area contributed by atoms with Crippen molar-refractivity contribution in [3.8, 4) is 11.1 Å². The fourth-order valence-corrected chi connectivity index (χ4v) is 7.40. The zero-order chi connectivity index (χ0) is 37.7. The van der Waals surface area contributed by atoms with E-state index in [-0.39, 0.29) is 30.6 Å². The van der Waals surface area contributed by atoms with E-state index in [1.165, 1.54) is 0 Å². The first-order valence-electron chi connectivity index (χ1n) is 19.2. The molecule has 2 amide bonds. The second-order valence-electron chi connectivity index (χ2n) is 14.4. The molecule has 4 aromatic rings. The molecule has 0 saturated carbocycles. The van der Waals surface area contributed by atoms with Crippen LogP contribution < -0.4 is 16.4 Å². The Morgan fingerprint density at radius 1 is 0.852 bits per heavy atom. The van der Waals surface area contributed by atoms with Crippen LogP contribution in [0.3, 0.4) is 0 Å². The van der Waals surface area contributed by atoms with Gasteiger partial charge in [0, 0.05) is 51.1 Å². The number of likely N-dealkylation sites (tertiary alicyclic amines) is 1. The minimum atomic E-state index is -0.547. The number of anilines is 2. The number of ether oxygens (including phenoxy) is 3. The summed E-state index contributed by atoms with van der Waals surface area (Å²) in [7, 11) is 1.77. The van der Waals surface area contributed by atoms with Crippen molar-refractivity contribution in [2.75, 3.05) is 37.9 Å². The quantitative estimate of drug-likeness (QED) is 0.0657. The van der Waals surface area contributed by atoms with Gasteiger partial charge in [0.25, 0.3) is 0 Å². The highest BCUT2D eigenvalue weighted by atomic mass is 16.7. The fraction of sp³-hybridized carbons (Fsp3) is 0.409. The summed E-state index contributed by atoms with van der Waals surface area (Å²) in [5, 5.41) is 15.5. The number of aliphatic hydroxyl groups is 1. The molecule has 54 heavy (non-hydrogen) atoms. The predicted molar refractivity (Wildman–Crippen MR) is 211 cm³/mol. The highest BCUT2D eigenvalue weighted by Gasteiger charge is 2.35. The van der Waals surface area contributed by atoms with E-state index in [9.17, 15) is 14.7 Å². The zero-order valence-electron chi connectivity index (χ0n) is 31.3. The van der Waals surface area contributed by atoms with Crippen LogP contribution in [0.5, 0.6) is 0 Å². The molecule has 286 valence electrons. The Balaban J connectivity index is 1.03. The number of carbonyl (C=O) groups is 2. The van der Waals surface area contributed by atoms with Crippen molar-refractivity contribution in [2.45, 2.75) is 89.1 Å². The summed E-state index contributed by atoms with van der Waals surface area (Å²) in [5.41, 5.74) is 13.1. The molecule has 2 saturated heterocycles. The Morgan fingerprint density at radius 2 is 1.61 bits per heavy atom. The van der Waals surface area contributed by atoms with Gasteiger partial charge in [-0.2, -0.15) is 0 Å². The van der Waals surface area contributed by atoms with E-state index in [2.05, 4.69) is 45.9 Å². The van der Waals surface area contributed by atoms with Crippen LogP contribution in [0.25, 0.3) is 11.1 Å². The summed E-state index contributed by atoms with van der Waals surface area (Å²) in [6.45, 7) is 3.01. The summed E-state index contributed by atoms with van der Waals surface area (Å²) in [5.74, 6) is -0.0814. The van der Waals surface area contributed by atoms with Gasteiger partial charge in [-0.25, -0.2) is 0 Å². The molecule has 0 aliphatic carbocycles. The number of nitrogens with one attached hydrogen (secondary N) is 2. The van der Waals surface area contributed by atoms with Crippen molar-refractivity contribution in [1.29, 1.82) is 0 Å². The SMILES string of the molecule is COC[C@@H]1CCCN1C[C@H]1C[C@@H](c2ccc(CO)cc2)O[C@@H](c2cccc(-c3cccc(CNC(=O)CCCCCC(=O)Nc4ccccc4N)c3)c2)O1. The van der Waals surface area contributed by atoms with Gasteiger partial charge in [-0.3, -0.25) is 14.5 Å². The minimum absolute atomic E-state index is 0.00589. The van der Waals surface area contributed by atoms with E-state index < -0.39 is 6.29 Å². The lowest BCUT2D eigenvalue weighted by atomic mass is 9.98. The number of nitrogen functional groups attached to an aromatic ring is 1. The summed E-state index contributed by atoms with van der Waals surface area (Å²) in [6.07, 6.45) is 5.30. The largest absolute Gasteiger partial charge is 0.397 e. The van der Waals surface area contributed by atoms with Crippen molar-refractivity contribution in [3.05, 3.63) is 119 Å². The highest BCUT2D eigenvalue weighted by molar-refractivity contribution is 5.93. The second-order valence-corrected chi connectivity index (χ2v) is 14.4. The zero-order valence-corrected chi connectivity index (χ0v) is 31.3. The number of para-hydroxylation sites is 2. The van der Waals surface area contributed by atoms with Crippen molar-refractivity contribution in [2.24, 2.45) is 0 Å². The van der Waals surface area contributed by atoms with Gasteiger partial charge in [0.1, 0.15) is 0 Å². The van der Waals surface area contributed by atoms with Crippen molar-refractivity contribution in [3.63, 3.8) is 0 Å². The smallest absolute Gasteiger partial charge is 0.224 e. The third-order valence-corrected chi connectivity index (χ3v) is 10.4. The third kappa shape index (κ3) is 11.0. The maximum atomic E-state index is 12.7. The van der Waals surface area contributed by atoms with Gasteiger partial charge < -0.3 is 35.7 Å². The lowest BCUT2D eigenvalue weighted by Gasteiger charge is -2.39. The van der Waals surface area contributed by atoms with Gasteiger partial charge >= 0.3 is 0 Å². The van der Waals surface area contributed by atoms with Gasteiger partial charge in [0.05, 0.1) is 36.8 Å². The molecular formula is C44H54N4O6. The molecule has 0 aromatic heterocycles. The number of nitrogens with two attached hydrogens (primary N) is 1. The molecule has 0 radical (unpaired) electrons. The van der Waals surface area contributed by atoms with Gasteiger partial charge in [0.15, 0.2) is 6.29 Å². The maximum absolute atomic E-state index is 12.7. The first-order valence-corrected chi connectivity index (χ1v) is 19.2. The summed E-state index contributed by atoms with van der Waals surface area (Å²) in [4.78, 5) is 27.4. The van der Waals surface area contributed by atoms with Crippen molar-refractivity contribution < 1.29 is 28.9 Å². The van der Waals surface area contributed by atoms with Crippen LogP contribution in [0.15, 0.2) is 97.1 Å². The van der Waals surface area contributed by atoms with Gasteiger partial charge in [0.2, 0.25) is 11.8 Å². The summed E-state index contributed by atoms with van der Waals surface area (Å²) in [6, 6.07) is 32.1. The van der Waals surface area contributed by atoms with Crippen molar-refractivity contribution in [1.82, 2.24) is 10.2 Å². The van der Waals surface area contributed by atoms with Crippen LogP contribution in [-0.4, -0.2) is 60.8 Å². The first-order chi connectivity index (χ1) is 26.4. The van der Waals surface area contributed by atoms with Gasteiger partial charge in [-0.1, -0.05) is 79.2 Å². The highest BCUT2D eigenvalue weighted by Crippen LogP contribution is 2.39. The molecule has 10 nitrogen and oxygen atoms in total. The lowest BCUT2D eigenvalue weighted by Crippen LogP contribution is -2.42. The number of hydrogen-bond donors (Lipinski definition) is 4. The Kier molecular flexibility index (Phi) is 14.2. The molecule has 4 aromatic carbocycles. The molecule has 4 atom stereocenters. The molecule has 5 N–H and O–H groups in total. The van der Waals surface area contributed by atoms with Crippen LogP contribution in [0, 0.1) is 0 Å². The molecule has 6 rings (SSSR count). The molecule has 10 heteroatoms. The number of carbonyl (C=O) groups excluding carboxylic acids is 2. The second kappa shape index (κ2) is 19.7. The third-order valence-electron chi connectivity index (χ3n) is 10.4. The van der Waals surface area contributed by atoms with Crippen molar-refractivity contribution >= 4 is 23.2 Å². The number of amides is 2. The average Bonchev–Trinajstić information content (AvgIpc) is 3.64. The first kappa shape index (κ1) is 39.1. The molecule has 0 spiro atoms. The van der Waals surface area contributed by atoms with Crippen LogP contribution in [0.4, 0.5) is 11.4 Å². The maximum Gasteiger partial charge on any atom is 0.224 e. The summed E-state index contributed by atoms with van der Waals surface area (Å²) < 4.78 is 18.9. The standard InChI is InChI=1S/C44H54N4O6/c1-52-30-37-14-9-23-48(37)28-38-26-41(33-21-19-31(29-49)20-22-33)54-44(53-38)36-13-8-12-35(25-36)34-11-7-10-32(24-34)27-46-42(50)17-3-2-4-18-43(51)47-40-16-6-5-15-39(40)45/h5-8,10-13,15-16,19-22,24-25,37-38,41,44,49H,2-4,9,14,17-18,23,26-30,45H2,1H3,(H,46,50)(H,47,51)/t37-,38+,41-,44-/m0/s1. The van der Waals surface area contributed by atoms with Gasteiger partial charge in [-0.05, 0) is 84.3 Å². The molecular weight excluding hydrogens is 681 g/mol. The number of hydrogen-bond acceptors (Lipinski definition) is 8. The van der Waals surface area contributed by atoms with Crippen LogP contribution >= 0.6 is 0 Å². The molecule has 2 heterocycles. The topological polar surface area (TPSA) is 135 Å². The molecule has 0 unspecified atom stereocenters. The average molecular weight is 735 g/mol. The number of methoxy groups -OCH3 is 1. The van der Waals surface area contributed by atoms with E-state index in [0.29, 0.717) is 49.6 Å². The van der Waals surface area contributed by atoms with E-state index in [4.69, 9.17) is 19.9 Å². The monoisotopic (exact) mass is 734 g/mol. The number of aliphatic hydroxyl groups excluding tert-OH is 1. The lowest BCUT2D eigenvalue weighted by molar-refractivity contribution is -0.253. The van der Waals surface area contributed by atoms with Crippen LogP contribution in [-0.2, 0) is 37.0 Å². The van der Waals surface area contributed by atoms with E-state index in [1.807, 2.05) is 54.6 Å². The Morgan fingerprint density at radius 3 is 2.39 bits per heavy atom. The number of nitrogens with zero attached hydrogens (tertiary/aromatic N) is 1. The van der Waals surface area contributed by atoms with E-state index >= 15 is 0 Å². The minimum Gasteiger partial charge on any atom is -0.397 e. The molecule has 0 bridgehead atoms. The number of unbranched alkanes of at least 4 members (excludes halogenated alkanes) is 2. The molecule has 2 aliphatic heterocycles. The Hall–Kier alpha value is -4.58. The normalized spacial score (nSPS) is 20.1. The van der Waals surface area contributed by atoms with Crippen LogP contribution in [0.1, 0.15) is 86.0 Å². The predicted octanol–water partition coefficient (Wildman–Crippen LogP) is 7.29. The molecule has 2 aliphatic rings. The fourth-order valence-electron chi connectivity index (χ4n) is 7.40.